The first-order valence-electron chi connectivity index (χ1n) is 8.69. The fraction of sp³-hybridized carbons (Fsp3) is 0.263. The molecule has 2 aliphatic rings. The van der Waals surface area contributed by atoms with Crippen molar-refractivity contribution in [2.24, 2.45) is 4.99 Å². The average molecular weight is 348 g/mol. The van der Waals surface area contributed by atoms with Crippen LogP contribution in [-0.2, 0) is 4.79 Å². The molecule has 7 nitrogen and oxygen atoms in total. The minimum Gasteiger partial charge on any atom is -0.340 e. The van der Waals surface area contributed by atoms with Crippen molar-refractivity contribution in [1.29, 1.82) is 0 Å². The Morgan fingerprint density at radius 1 is 1.04 bits per heavy atom. The molecule has 0 bridgehead atoms. The molecule has 132 valence electrons. The number of rotatable bonds is 4. The molecule has 1 aromatic carbocycles. The van der Waals surface area contributed by atoms with Crippen LogP contribution in [0.25, 0.3) is 0 Å². The van der Waals surface area contributed by atoms with E-state index in [0.717, 1.165) is 54.9 Å². The maximum absolute atomic E-state index is 11.2. The summed E-state index contributed by atoms with van der Waals surface area (Å²) in [6.45, 7) is 3.95. The van der Waals surface area contributed by atoms with E-state index in [0.29, 0.717) is 0 Å². The van der Waals surface area contributed by atoms with Crippen LogP contribution < -0.4 is 15.5 Å². The smallest absolute Gasteiger partial charge is 0.227 e. The molecular weight excluding hydrogens is 328 g/mol. The molecule has 0 amide bonds. The Kier molecular flexibility index (Phi) is 4.70. The molecule has 0 aliphatic carbocycles. The lowest BCUT2D eigenvalue weighted by molar-refractivity contribution is -0.113. The van der Waals surface area contributed by atoms with Crippen LogP contribution in [0.1, 0.15) is 5.56 Å². The number of nitrogens with zero attached hydrogens (tertiary/aromatic N) is 4. The summed E-state index contributed by atoms with van der Waals surface area (Å²) in [5.74, 6) is 1.55. The van der Waals surface area contributed by atoms with Crippen molar-refractivity contribution in [1.82, 2.24) is 15.3 Å². The first kappa shape index (κ1) is 16.4. The van der Waals surface area contributed by atoms with Gasteiger partial charge in [0.2, 0.25) is 5.95 Å². The summed E-state index contributed by atoms with van der Waals surface area (Å²) < 4.78 is 0. The Labute approximate surface area is 151 Å². The van der Waals surface area contributed by atoms with Crippen molar-refractivity contribution in [3.8, 4) is 0 Å². The largest absolute Gasteiger partial charge is 0.340 e. The molecule has 4 rings (SSSR count). The molecule has 0 saturated carbocycles. The van der Waals surface area contributed by atoms with Gasteiger partial charge < -0.3 is 15.5 Å². The number of allylic oxidation sites excluding steroid dienone is 1. The molecule has 0 atom stereocenters. The molecule has 2 aliphatic heterocycles. The number of carbonyl (C=O) groups is 1. The van der Waals surface area contributed by atoms with Crippen LogP contribution >= 0.6 is 0 Å². The summed E-state index contributed by atoms with van der Waals surface area (Å²) in [5, 5.41) is 6.64. The summed E-state index contributed by atoms with van der Waals surface area (Å²) >= 11 is 0. The molecule has 1 aromatic heterocycles. The standard InChI is InChI=1S/C19H20N6O/c26-16-5-6-17(22-13-16)14-1-3-15(4-2-14)23-18-7-8-21-19(24-18)25-11-9-20-10-12-25/h1-8,20H,9-13H2,(H,21,23,24). The third-order valence-corrected chi connectivity index (χ3v) is 4.33. The van der Waals surface area contributed by atoms with Crippen molar-refractivity contribution in [3.63, 3.8) is 0 Å². The van der Waals surface area contributed by atoms with Crippen LogP contribution in [0, 0.1) is 0 Å². The second-order valence-electron chi connectivity index (χ2n) is 6.18. The van der Waals surface area contributed by atoms with Gasteiger partial charge >= 0.3 is 0 Å². The predicted octanol–water partition coefficient (Wildman–Crippen LogP) is 1.56. The van der Waals surface area contributed by atoms with Crippen molar-refractivity contribution in [3.05, 3.63) is 54.2 Å². The third kappa shape index (κ3) is 3.78. The lowest BCUT2D eigenvalue weighted by Crippen LogP contribution is -2.44. The molecule has 1 saturated heterocycles. The Morgan fingerprint density at radius 3 is 2.58 bits per heavy atom. The van der Waals surface area contributed by atoms with Crippen molar-refractivity contribution < 1.29 is 4.79 Å². The second kappa shape index (κ2) is 7.45. The lowest BCUT2D eigenvalue weighted by Gasteiger charge is -2.27. The van der Waals surface area contributed by atoms with Gasteiger partial charge in [0.1, 0.15) is 12.4 Å². The summed E-state index contributed by atoms with van der Waals surface area (Å²) in [4.78, 5) is 26.7. The highest BCUT2D eigenvalue weighted by Gasteiger charge is 2.13. The van der Waals surface area contributed by atoms with Gasteiger partial charge in [-0.3, -0.25) is 9.79 Å². The highest BCUT2D eigenvalue weighted by atomic mass is 16.1. The van der Waals surface area contributed by atoms with Gasteiger partial charge in [-0.2, -0.15) is 4.98 Å². The summed E-state index contributed by atoms with van der Waals surface area (Å²) in [5.41, 5.74) is 2.76. The number of hydrogen-bond donors (Lipinski definition) is 2. The molecule has 7 heteroatoms. The average Bonchev–Trinajstić information content (AvgIpc) is 2.70. The number of carbonyl (C=O) groups excluding carboxylic acids is 1. The fourth-order valence-electron chi connectivity index (χ4n) is 2.94. The summed E-state index contributed by atoms with van der Waals surface area (Å²) in [6, 6.07) is 9.79. The SMILES string of the molecule is O=C1C=CC(c2ccc(Nc3ccnc(N4CCNCC4)n3)cc2)=NC1. The zero-order chi connectivity index (χ0) is 17.8. The Morgan fingerprint density at radius 2 is 1.85 bits per heavy atom. The number of anilines is 3. The number of benzene rings is 1. The molecule has 2 aromatic rings. The zero-order valence-electron chi connectivity index (χ0n) is 14.4. The topological polar surface area (TPSA) is 82.5 Å². The van der Waals surface area contributed by atoms with E-state index in [4.69, 9.17) is 0 Å². The van der Waals surface area contributed by atoms with Gasteiger partial charge in [0, 0.05) is 38.1 Å². The van der Waals surface area contributed by atoms with E-state index in [-0.39, 0.29) is 12.3 Å². The zero-order valence-corrected chi connectivity index (χ0v) is 14.4. The van der Waals surface area contributed by atoms with Crippen LogP contribution in [0.15, 0.2) is 53.7 Å². The quantitative estimate of drug-likeness (QED) is 0.873. The molecule has 1 fully saturated rings. The lowest BCUT2D eigenvalue weighted by atomic mass is 10.1. The van der Waals surface area contributed by atoms with Gasteiger partial charge in [-0.25, -0.2) is 4.98 Å². The minimum atomic E-state index is 0.0380. The fourth-order valence-corrected chi connectivity index (χ4v) is 2.94. The molecule has 3 heterocycles. The van der Waals surface area contributed by atoms with E-state index < -0.39 is 0 Å². The van der Waals surface area contributed by atoms with Crippen LogP contribution in [-0.4, -0.2) is 54.2 Å². The van der Waals surface area contributed by atoms with Gasteiger partial charge in [0.05, 0.1) is 5.71 Å². The van der Waals surface area contributed by atoms with E-state index >= 15 is 0 Å². The number of dihydropyridines is 1. The minimum absolute atomic E-state index is 0.0380. The Hall–Kier alpha value is -3.06. The van der Waals surface area contributed by atoms with Gasteiger partial charge in [-0.05, 0) is 35.9 Å². The number of hydrogen-bond acceptors (Lipinski definition) is 7. The van der Waals surface area contributed by atoms with E-state index in [1.165, 1.54) is 0 Å². The Balaban J connectivity index is 1.46. The van der Waals surface area contributed by atoms with E-state index in [9.17, 15) is 4.79 Å². The summed E-state index contributed by atoms with van der Waals surface area (Å²) in [7, 11) is 0. The molecule has 2 N–H and O–H groups in total. The number of ketones is 1. The van der Waals surface area contributed by atoms with Gasteiger partial charge in [0.25, 0.3) is 0 Å². The second-order valence-corrected chi connectivity index (χ2v) is 6.18. The molecule has 26 heavy (non-hydrogen) atoms. The van der Waals surface area contributed by atoms with Crippen LogP contribution in [0.3, 0.4) is 0 Å². The number of nitrogens with one attached hydrogen (secondary N) is 2. The van der Waals surface area contributed by atoms with Gasteiger partial charge in [-0.15, -0.1) is 0 Å². The predicted molar refractivity (Wildman–Crippen MR) is 102 cm³/mol. The van der Waals surface area contributed by atoms with E-state index in [1.54, 1.807) is 18.3 Å². The normalized spacial score (nSPS) is 17.2. The van der Waals surface area contributed by atoms with Crippen molar-refractivity contribution >= 4 is 28.9 Å². The van der Waals surface area contributed by atoms with Gasteiger partial charge in [0.15, 0.2) is 5.78 Å². The Bertz CT molecular complexity index is 853. The molecule has 0 radical (unpaired) electrons. The van der Waals surface area contributed by atoms with Crippen LogP contribution in [0.5, 0.6) is 0 Å². The monoisotopic (exact) mass is 348 g/mol. The highest BCUT2D eigenvalue weighted by molar-refractivity contribution is 6.14. The van der Waals surface area contributed by atoms with Crippen LogP contribution in [0.4, 0.5) is 17.5 Å². The number of aliphatic imine (C=N–C) groups is 1. The van der Waals surface area contributed by atoms with Crippen molar-refractivity contribution in [2.45, 2.75) is 0 Å². The number of piperazine rings is 1. The maximum atomic E-state index is 11.2. The van der Waals surface area contributed by atoms with E-state index in [1.807, 2.05) is 30.3 Å². The maximum Gasteiger partial charge on any atom is 0.227 e. The van der Waals surface area contributed by atoms with E-state index in [2.05, 4.69) is 30.5 Å². The molecule has 0 spiro atoms. The summed E-state index contributed by atoms with van der Waals surface area (Å²) in [6.07, 6.45) is 5.12. The van der Waals surface area contributed by atoms with Crippen molar-refractivity contribution in [2.75, 3.05) is 42.9 Å². The first-order chi connectivity index (χ1) is 12.8. The third-order valence-electron chi connectivity index (χ3n) is 4.33. The van der Waals surface area contributed by atoms with Crippen LogP contribution in [0.2, 0.25) is 0 Å². The molecule has 0 unspecified atom stereocenters. The number of aromatic nitrogens is 2. The molecular formula is C19H20N6O. The van der Waals surface area contributed by atoms with Gasteiger partial charge in [-0.1, -0.05) is 12.1 Å². The highest BCUT2D eigenvalue weighted by Crippen LogP contribution is 2.18. The first-order valence-corrected chi connectivity index (χ1v) is 8.69.